The van der Waals surface area contributed by atoms with Crippen LogP contribution in [0, 0.1) is 0 Å². The second-order valence-electron chi connectivity index (χ2n) is 6.32. The van der Waals surface area contributed by atoms with E-state index in [9.17, 15) is 14.4 Å². The highest BCUT2D eigenvalue weighted by Gasteiger charge is 2.33. The van der Waals surface area contributed by atoms with Gasteiger partial charge in [-0.05, 0) is 25.0 Å². The second-order valence-corrected chi connectivity index (χ2v) is 6.32. The number of carbonyl (C=O) groups is 2. The largest absolute Gasteiger partial charge is 0.376 e. The van der Waals surface area contributed by atoms with Gasteiger partial charge in [0.1, 0.15) is 6.54 Å². The second kappa shape index (κ2) is 6.75. The molecule has 1 saturated heterocycles. The third-order valence-electron chi connectivity index (χ3n) is 4.56. The molecule has 1 atom stereocenters. The lowest BCUT2D eigenvalue weighted by Crippen LogP contribution is -2.40. The predicted octanol–water partition coefficient (Wildman–Crippen LogP) is 0.328. The first-order chi connectivity index (χ1) is 12.6. The number of amides is 2. The molecule has 2 aromatic rings. The van der Waals surface area contributed by atoms with Crippen molar-refractivity contribution in [3.05, 3.63) is 46.6 Å². The summed E-state index contributed by atoms with van der Waals surface area (Å²) in [5, 5.41) is 2.75. The Hall–Kier alpha value is -2.94. The van der Waals surface area contributed by atoms with Crippen LogP contribution in [0.5, 0.6) is 0 Å². The van der Waals surface area contributed by atoms with E-state index in [0.717, 1.165) is 17.5 Å². The van der Waals surface area contributed by atoms with Crippen LogP contribution in [-0.2, 0) is 22.6 Å². The van der Waals surface area contributed by atoms with Crippen LogP contribution in [0.2, 0.25) is 0 Å². The summed E-state index contributed by atoms with van der Waals surface area (Å²) in [5.41, 5.74) is 0.109. The minimum atomic E-state index is -0.603. The van der Waals surface area contributed by atoms with E-state index in [2.05, 4.69) is 10.3 Å². The molecule has 1 aromatic carbocycles. The Labute approximate surface area is 149 Å². The van der Waals surface area contributed by atoms with E-state index in [1.807, 2.05) is 18.2 Å². The molecule has 9 nitrogen and oxygen atoms in total. The van der Waals surface area contributed by atoms with Gasteiger partial charge < -0.3 is 10.1 Å². The van der Waals surface area contributed by atoms with E-state index < -0.39 is 11.7 Å². The molecule has 9 heteroatoms. The Morgan fingerprint density at radius 2 is 2.08 bits per heavy atom. The molecule has 3 heterocycles. The minimum absolute atomic E-state index is 0.0158. The zero-order valence-electron chi connectivity index (χ0n) is 14.1. The minimum Gasteiger partial charge on any atom is -0.376 e. The van der Waals surface area contributed by atoms with Crippen LogP contribution in [-0.4, -0.2) is 45.5 Å². The van der Waals surface area contributed by atoms with Gasteiger partial charge in [-0.15, -0.1) is 0 Å². The average Bonchev–Trinajstić information content (AvgIpc) is 3.34. The van der Waals surface area contributed by atoms with E-state index in [-0.39, 0.29) is 25.1 Å². The molecule has 1 N–H and O–H groups in total. The molecule has 0 spiro atoms. The SMILES string of the molecule is O=C(Cn1c(=O)nc2n1C(=O)N(c1ccccc1)C2)NC[C@H]1CCCO1. The number of hydrogen-bond acceptors (Lipinski definition) is 5. The van der Waals surface area contributed by atoms with E-state index in [0.29, 0.717) is 24.7 Å². The number of carbonyl (C=O) groups excluding carboxylic acids is 2. The topological polar surface area (TPSA) is 98.5 Å². The molecule has 2 aliphatic rings. The lowest BCUT2D eigenvalue weighted by Gasteiger charge is -2.15. The fourth-order valence-corrected chi connectivity index (χ4v) is 3.25. The molecule has 2 amide bonds. The van der Waals surface area contributed by atoms with Gasteiger partial charge in [-0.1, -0.05) is 18.2 Å². The molecule has 0 aliphatic carbocycles. The summed E-state index contributed by atoms with van der Waals surface area (Å²) >= 11 is 0. The van der Waals surface area contributed by atoms with E-state index in [4.69, 9.17) is 4.74 Å². The molecule has 2 aliphatic heterocycles. The zero-order chi connectivity index (χ0) is 18.1. The smallest absolute Gasteiger partial charge is 0.365 e. The van der Waals surface area contributed by atoms with Gasteiger partial charge in [0.2, 0.25) is 5.91 Å². The van der Waals surface area contributed by atoms with Crippen LogP contribution < -0.4 is 15.9 Å². The van der Waals surface area contributed by atoms with Gasteiger partial charge in [0.25, 0.3) is 0 Å². The number of aromatic nitrogens is 3. The Morgan fingerprint density at radius 3 is 2.81 bits per heavy atom. The Morgan fingerprint density at radius 1 is 1.27 bits per heavy atom. The third-order valence-corrected chi connectivity index (χ3v) is 4.56. The van der Waals surface area contributed by atoms with Crippen LogP contribution in [0.4, 0.5) is 10.5 Å². The van der Waals surface area contributed by atoms with Crippen molar-refractivity contribution in [3.8, 4) is 0 Å². The maximum Gasteiger partial charge on any atom is 0.365 e. The molecular formula is C17H19N5O4. The summed E-state index contributed by atoms with van der Waals surface area (Å²) in [6, 6.07) is 8.73. The van der Waals surface area contributed by atoms with Crippen molar-refractivity contribution in [2.24, 2.45) is 0 Å². The summed E-state index contributed by atoms with van der Waals surface area (Å²) in [6.45, 7) is 1.05. The Balaban J connectivity index is 1.48. The van der Waals surface area contributed by atoms with Crippen LogP contribution in [0.3, 0.4) is 0 Å². The van der Waals surface area contributed by atoms with Crippen molar-refractivity contribution in [1.29, 1.82) is 0 Å². The number of nitrogens with one attached hydrogen (secondary N) is 1. The molecule has 1 aromatic heterocycles. The fraction of sp³-hybridized carbons (Fsp3) is 0.412. The van der Waals surface area contributed by atoms with E-state index >= 15 is 0 Å². The van der Waals surface area contributed by atoms with Crippen molar-refractivity contribution < 1.29 is 14.3 Å². The number of para-hydroxylation sites is 1. The zero-order valence-corrected chi connectivity index (χ0v) is 14.1. The normalized spacial score (nSPS) is 19.0. The number of nitrogens with zero attached hydrogens (tertiary/aromatic N) is 4. The molecule has 136 valence electrons. The first-order valence-corrected chi connectivity index (χ1v) is 8.57. The Kier molecular flexibility index (Phi) is 4.29. The van der Waals surface area contributed by atoms with Crippen molar-refractivity contribution in [2.75, 3.05) is 18.1 Å². The summed E-state index contributed by atoms with van der Waals surface area (Å²) in [4.78, 5) is 42.4. The first kappa shape index (κ1) is 16.5. The molecule has 0 radical (unpaired) electrons. The highest BCUT2D eigenvalue weighted by molar-refractivity contribution is 5.95. The van der Waals surface area contributed by atoms with Gasteiger partial charge in [-0.2, -0.15) is 9.67 Å². The van der Waals surface area contributed by atoms with Crippen LogP contribution >= 0.6 is 0 Å². The number of hydrogen-bond donors (Lipinski definition) is 1. The summed E-state index contributed by atoms with van der Waals surface area (Å²) in [7, 11) is 0. The van der Waals surface area contributed by atoms with Crippen molar-refractivity contribution in [2.45, 2.75) is 32.0 Å². The number of rotatable bonds is 5. The lowest BCUT2D eigenvalue weighted by molar-refractivity contribution is -0.122. The van der Waals surface area contributed by atoms with E-state index in [1.54, 1.807) is 12.1 Å². The van der Waals surface area contributed by atoms with Gasteiger partial charge in [0, 0.05) is 18.8 Å². The van der Waals surface area contributed by atoms with Crippen LogP contribution in [0.15, 0.2) is 35.1 Å². The first-order valence-electron chi connectivity index (χ1n) is 8.57. The average molecular weight is 357 g/mol. The molecule has 0 saturated carbocycles. The van der Waals surface area contributed by atoms with Crippen molar-refractivity contribution in [1.82, 2.24) is 19.7 Å². The fourth-order valence-electron chi connectivity index (χ4n) is 3.25. The maximum absolute atomic E-state index is 12.7. The van der Waals surface area contributed by atoms with E-state index in [1.165, 1.54) is 9.58 Å². The quantitative estimate of drug-likeness (QED) is 0.831. The summed E-state index contributed by atoms with van der Waals surface area (Å²) < 4.78 is 7.71. The number of fused-ring (bicyclic) bond motifs is 1. The molecule has 0 bridgehead atoms. The standard InChI is InChI=1S/C17H19N5O4/c23-15(18-9-13-7-4-8-26-13)11-21-16(24)19-14-10-20(17(25)22(14)21)12-5-2-1-3-6-12/h1-3,5-6,13H,4,7-11H2,(H,18,23)/t13-/m1/s1. The molecule has 0 unspecified atom stereocenters. The van der Waals surface area contributed by atoms with Gasteiger partial charge >= 0.3 is 11.7 Å². The van der Waals surface area contributed by atoms with Crippen molar-refractivity contribution in [3.63, 3.8) is 0 Å². The summed E-state index contributed by atoms with van der Waals surface area (Å²) in [5.74, 6) is -0.0213. The summed E-state index contributed by atoms with van der Waals surface area (Å²) in [6.07, 6.45) is 1.91. The van der Waals surface area contributed by atoms with Crippen LogP contribution in [0.1, 0.15) is 18.7 Å². The molecular weight excluding hydrogens is 338 g/mol. The number of benzene rings is 1. The highest BCUT2D eigenvalue weighted by atomic mass is 16.5. The molecule has 1 fully saturated rings. The molecule has 4 rings (SSSR count). The van der Waals surface area contributed by atoms with Gasteiger partial charge in [0.15, 0.2) is 5.82 Å². The molecule has 26 heavy (non-hydrogen) atoms. The van der Waals surface area contributed by atoms with Gasteiger partial charge in [0.05, 0.1) is 12.6 Å². The maximum atomic E-state index is 12.7. The van der Waals surface area contributed by atoms with Crippen molar-refractivity contribution >= 4 is 17.6 Å². The highest BCUT2D eigenvalue weighted by Crippen LogP contribution is 2.22. The third kappa shape index (κ3) is 3.01. The predicted molar refractivity (Wildman–Crippen MR) is 91.9 cm³/mol. The number of anilines is 1. The lowest BCUT2D eigenvalue weighted by atomic mass is 10.2. The van der Waals surface area contributed by atoms with Gasteiger partial charge in [-0.3, -0.25) is 9.69 Å². The number of ether oxygens (including phenoxy) is 1. The van der Waals surface area contributed by atoms with Crippen LogP contribution in [0.25, 0.3) is 0 Å². The van der Waals surface area contributed by atoms with Gasteiger partial charge in [-0.25, -0.2) is 14.3 Å². The monoisotopic (exact) mass is 357 g/mol. The Bertz CT molecular complexity index is 882.